The molecule has 1 heterocycles. The van der Waals surface area contributed by atoms with Gasteiger partial charge < -0.3 is 10.1 Å². The molecule has 1 saturated heterocycles. The Kier molecular flexibility index (Phi) is 3.11. The highest BCUT2D eigenvalue weighted by molar-refractivity contribution is 5.87. The molecule has 4 rings (SSSR count). The molecule has 0 radical (unpaired) electrons. The second-order valence-corrected chi connectivity index (χ2v) is 8.45. The Labute approximate surface area is 132 Å². The zero-order valence-electron chi connectivity index (χ0n) is 13.7. The van der Waals surface area contributed by atoms with Crippen molar-refractivity contribution < 1.29 is 14.3 Å². The number of Topliss-reactive ketones (excluding diaryl/α,β-unsaturated/α-hetero) is 1. The van der Waals surface area contributed by atoms with Gasteiger partial charge in [0.2, 0.25) is 0 Å². The van der Waals surface area contributed by atoms with E-state index in [1.807, 2.05) is 0 Å². The van der Waals surface area contributed by atoms with Crippen molar-refractivity contribution in [3.05, 3.63) is 0 Å². The van der Waals surface area contributed by atoms with Gasteiger partial charge in [-0.05, 0) is 56.3 Å². The molecule has 6 unspecified atom stereocenters. The van der Waals surface area contributed by atoms with Crippen LogP contribution >= 0.6 is 0 Å². The van der Waals surface area contributed by atoms with Crippen LogP contribution in [0.2, 0.25) is 0 Å². The first-order valence-electron chi connectivity index (χ1n) is 8.93. The normalized spacial score (nSPS) is 51.0. The van der Waals surface area contributed by atoms with Crippen LogP contribution in [0.3, 0.4) is 0 Å². The Hall–Kier alpha value is -1.06. The maximum atomic E-state index is 12.4. The van der Waals surface area contributed by atoms with Crippen LogP contribution in [-0.4, -0.2) is 24.5 Å². The molecule has 1 N–H and O–H groups in total. The standard InChI is InChI=1S/C18H27NO3/c1-17-8-7-13-11(12(17)4-5-14(17)20)3-6-15-18(13,2)9-10-19-16(21)22-15/h11-13,15H,3-10H2,1-2H3,(H,19,21). The zero-order chi connectivity index (χ0) is 15.5. The molecule has 4 aliphatic rings. The van der Waals surface area contributed by atoms with Crippen LogP contribution in [0.5, 0.6) is 0 Å². The minimum atomic E-state index is -0.246. The lowest BCUT2D eigenvalue weighted by molar-refractivity contribution is -0.141. The van der Waals surface area contributed by atoms with Gasteiger partial charge in [-0.25, -0.2) is 4.79 Å². The summed E-state index contributed by atoms with van der Waals surface area (Å²) in [6.45, 7) is 5.26. The molecule has 0 aromatic rings. The maximum Gasteiger partial charge on any atom is 0.407 e. The number of ketones is 1. The quantitative estimate of drug-likeness (QED) is 0.747. The van der Waals surface area contributed by atoms with Crippen LogP contribution in [0.4, 0.5) is 4.79 Å². The molecule has 0 bridgehead atoms. The summed E-state index contributed by atoms with van der Waals surface area (Å²) in [7, 11) is 0. The number of ether oxygens (including phenoxy) is 1. The number of carbonyl (C=O) groups is 2. The Morgan fingerprint density at radius 1 is 1.05 bits per heavy atom. The highest BCUT2D eigenvalue weighted by Gasteiger charge is 2.60. The van der Waals surface area contributed by atoms with E-state index in [2.05, 4.69) is 19.2 Å². The SMILES string of the molecule is CC12CCC3C(CCC4OC(=O)NCCC43C)C1CCC2=O. The van der Waals surface area contributed by atoms with Crippen LogP contribution < -0.4 is 5.32 Å². The van der Waals surface area contributed by atoms with Gasteiger partial charge in [0, 0.05) is 23.8 Å². The highest BCUT2D eigenvalue weighted by Crippen LogP contribution is 2.62. The third-order valence-electron chi connectivity index (χ3n) is 7.67. The molecule has 22 heavy (non-hydrogen) atoms. The van der Waals surface area contributed by atoms with Crippen LogP contribution in [0.25, 0.3) is 0 Å². The summed E-state index contributed by atoms with van der Waals surface area (Å²) in [4.78, 5) is 24.1. The molecule has 122 valence electrons. The monoisotopic (exact) mass is 305 g/mol. The van der Waals surface area contributed by atoms with Gasteiger partial charge in [-0.3, -0.25) is 4.79 Å². The number of hydrogen-bond acceptors (Lipinski definition) is 3. The van der Waals surface area contributed by atoms with E-state index in [1.165, 1.54) is 0 Å². The van der Waals surface area contributed by atoms with Crippen LogP contribution in [0.1, 0.15) is 58.8 Å². The van der Waals surface area contributed by atoms with Gasteiger partial charge in [0.05, 0.1) is 0 Å². The van der Waals surface area contributed by atoms with E-state index >= 15 is 0 Å². The van der Waals surface area contributed by atoms with Crippen molar-refractivity contribution in [2.75, 3.05) is 6.54 Å². The molecule has 0 spiro atoms. The third kappa shape index (κ3) is 1.82. The molecular weight excluding hydrogens is 278 g/mol. The van der Waals surface area contributed by atoms with Crippen LogP contribution in [0, 0.1) is 28.6 Å². The first-order chi connectivity index (χ1) is 10.4. The molecule has 1 aliphatic heterocycles. The highest BCUT2D eigenvalue weighted by atomic mass is 16.6. The van der Waals surface area contributed by atoms with E-state index in [1.54, 1.807) is 0 Å². The van der Waals surface area contributed by atoms with Gasteiger partial charge in [-0.15, -0.1) is 0 Å². The molecule has 4 nitrogen and oxygen atoms in total. The summed E-state index contributed by atoms with van der Waals surface area (Å²) in [6, 6.07) is 0. The Bertz CT molecular complexity index is 518. The Balaban J connectivity index is 1.66. The van der Waals surface area contributed by atoms with Gasteiger partial charge in [-0.2, -0.15) is 0 Å². The van der Waals surface area contributed by atoms with Gasteiger partial charge in [0.1, 0.15) is 11.9 Å². The fraction of sp³-hybridized carbons (Fsp3) is 0.889. The number of carbonyl (C=O) groups excluding carboxylic acids is 2. The minimum Gasteiger partial charge on any atom is -0.446 e. The summed E-state index contributed by atoms with van der Waals surface area (Å²) >= 11 is 0. The summed E-state index contributed by atoms with van der Waals surface area (Å²) in [6.07, 6.45) is 6.90. The molecule has 6 atom stereocenters. The van der Waals surface area contributed by atoms with E-state index in [0.29, 0.717) is 23.5 Å². The zero-order valence-corrected chi connectivity index (χ0v) is 13.7. The fourth-order valence-electron chi connectivity index (χ4n) is 6.34. The van der Waals surface area contributed by atoms with Gasteiger partial charge in [0.15, 0.2) is 0 Å². The van der Waals surface area contributed by atoms with Crippen molar-refractivity contribution in [1.29, 1.82) is 0 Å². The average Bonchev–Trinajstić information content (AvgIpc) is 2.68. The summed E-state index contributed by atoms with van der Waals surface area (Å²) in [5, 5.41) is 2.87. The molecule has 4 heteroatoms. The van der Waals surface area contributed by atoms with Crippen molar-refractivity contribution in [3.63, 3.8) is 0 Å². The number of rotatable bonds is 0. The molecule has 1 amide bonds. The first-order valence-corrected chi connectivity index (χ1v) is 8.93. The second kappa shape index (κ2) is 4.72. The lowest BCUT2D eigenvalue weighted by Crippen LogP contribution is -2.54. The van der Waals surface area contributed by atoms with E-state index < -0.39 is 0 Å². The molecule has 3 saturated carbocycles. The minimum absolute atomic E-state index is 0.0534. The molecule has 0 aromatic carbocycles. The lowest BCUT2D eigenvalue weighted by Gasteiger charge is -2.56. The van der Waals surface area contributed by atoms with Crippen molar-refractivity contribution >= 4 is 11.9 Å². The molecule has 0 aromatic heterocycles. The largest absolute Gasteiger partial charge is 0.446 e. The van der Waals surface area contributed by atoms with Crippen molar-refractivity contribution in [3.8, 4) is 0 Å². The predicted octanol–water partition coefficient (Wildman–Crippen LogP) is 3.30. The Morgan fingerprint density at radius 2 is 1.86 bits per heavy atom. The summed E-state index contributed by atoms with van der Waals surface area (Å²) < 4.78 is 5.71. The summed E-state index contributed by atoms with van der Waals surface area (Å²) in [5.74, 6) is 2.30. The van der Waals surface area contributed by atoms with Gasteiger partial charge in [0.25, 0.3) is 0 Å². The smallest absolute Gasteiger partial charge is 0.407 e. The first kappa shape index (κ1) is 14.5. The van der Waals surface area contributed by atoms with Crippen LogP contribution in [-0.2, 0) is 9.53 Å². The van der Waals surface area contributed by atoms with Crippen molar-refractivity contribution in [2.24, 2.45) is 28.6 Å². The second-order valence-electron chi connectivity index (χ2n) is 8.45. The number of alkyl carbamates (subject to hydrolysis) is 1. The number of nitrogens with one attached hydrogen (secondary N) is 1. The van der Waals surface area contributed by atoms with Gasteiger partial charge >= 0.3 is 6.09 Å². The Morgan fingerprint density at radius 3 is 2.68 bits per heavy atom. The van der Waals surface area contributed by atoms with E-state index in [-0.39, 0.29) is 23.0 Å². The van der Waals surface area contributed by atoms with E-state index in [9.17, 15) is 9.59 Å². The number of fused-ring (bicyclic) bond motifs is 5. The predicted molar refractivity (Wildman–Crippen MR) is 82.3 cm³/mol. The maximum absolute atomic E-state index is 12.4. The van der Waals surface area contributed by atoms with E-state index in [4.69, 9.17) is 4.74 Å². The number of hydrogen-bond donors (Lipinski definition) is 1. The lowest BCUT2D eigenvalue weighted by atomic mass is 9.49. The van der Waals surface area contributed by atoms with E-state index in [0.717, 1.165) is 51.5 Å². The van der Waals surface area contributed by atoms with Gasteiger partial charge in [-0.1, -0.05) is 13.8 Å². The van der Waals surface area contributed by atoms with Crippen molar-refractivity contribution in [2.45, 2.75) is 64.9 Å². The average molecular weight is 305 g/mol. The summed E-state index contributed by atoms with van der Waals surface area (Å²) in [5.41, 5.74) is 0.0130. The van der Waals surface area contributed by atoms with Crippen molar-refractivity contribution in [1.82, 2.24) is 5.32 Å². The topological polar surface area (TPSA) is 55.4 Å². The molecule has 3 aliphatic carbocycles. The third-order valence-corrected chi connectivity index (χ3v) is 7.67. The molecule has 4 fully saturated rings. The fourth-order valence-corrected chi connectivity index (χ4v) is 6.34. The van der Waals surface area contributed by atoms with Crippen LogP contribution in [0.15, 0.2) is 0 Å². The molecular formula is C18H27NO3. The number of amides is 1.